The number of rotatable bonds is 5. The summed E-state index contributed by atoms with van der Waals surface area (Å²) in [6, 6.07) is 7.36. The van der Waals surface area contributed by atoms with Crippen LogP contribution in [-0.4, -0.2) is 19.2 Å². The predicted octanol–water partition coefficient (Wildman–Crippen LogP) is 1.30. The molecular formula is C11H16N2O2. The molecule has 0 aliphatic carbocycles. The molecular weight excluding hydrogens is 192 g/mol. The maximum absolute atomic E-state index is 10.3. The Balaban J connectivity index is 2.28. The van der Waals surface area contributed by atoms with E-state index in [4.69, 9.17) is 10.5 Å². The van der Waals surface area contributed by atoms with Gasteiger partial charge in [0.15, 0.2) is 0 Å². The zero-order valence-corrected chi connectivity index (χ0v) is 8.82. The van der Waals surface area contributed by atoms with E-state index in [1.54, 1.807) is 0 Å². The number of hydrogen-bond acceptors (Lipinski definition) is 2. The number of aryl methyl sites for hydroxylation is 1. The van der Waals surface area contributed by atoms with Crippen molar-refractivity contribution in [2.24, 2.45) is 5.73 Å². The second-order valence-electron chi connectivity index (χ2n) is 3.14. The minimum Gasteiger partial charge on any atom is -0.492 e. The first-order valence-corrected chi connectivity index (χ1v) is 4.97. The van der Waals surface area contributed by atoms with Crippen molar-refractivity contribution in [2.45, 2.75) is 13.3 Å². The summed E-state index contributed by atoms with van der Waals surface area (Å²) in [5.74, 6) is 0.804. The van der Waals surface area contributed by atoms with Gasteiger partial charge in [-0.3, -0.25) is 0 Å². The Hall–Kier alpha value is -1.71. The topological polar surface area (TPSA) is 64.3 Å². The first-order chi connectivity index (χ1) is 7.22. The smallest absolute Gasteiger partial charge is 0.312 e. The molecule has 0 unspecified atom stereocenters. The lowest BCUT2D eigenvalue weighted by Gasteiger charge is -2.06. The number of benzene rings is 1. The molecule has 0 heterocycles. The Labute approximate surface area is 89.4 Å². The minimum absolute atomic E-state index is 0.421. The molecule has 15 heavy (non-hydrogen) atoms. The molecule has 0 radical (unpaired) electrons. The number of nitrogens with two attached hydrogens (primary N) is 1. The summed E-state index contributed by atoms with van der Waals surface area (Å²) in [5, 5.41) is 2.45. The van der Waals surface area contributed by atoms with Gasteiger partial charge in [0, 0.05) is 0 Å². The van der Waals surface area contributed by atoms with E-state index in [9.17, 15) is 4.79 Å². The molecule has 1 rings (SSSR count). The first kappa shape index (κ1) is 11.4. The van der Waals surface area contributed by atoms with E-state index in [0.29, 0.717) is 13.2 Å². The van der Waals surface area contributed by atoms with Crippen LogP contribution in [0.5, 0.6) is 5.75 Å². The van der Waals surface area contributed by atoms with Crippen LogP contribution in [0.15, 0.2) is 24.3 Å². The van der Waals surface area contributed by atoms with E-state index in [1.807, 2.05) is 24.3 Å². The van der Waals surface area contributed by atoms with Gasteiger partial charge >= 0.3 is 6.03 Å². The summed E-state index contributed by atoms with van der Waals surface area (Å²) in [6.45, 7) is 2.95. The third kappa shape index (κ3) is 4.35. The third-order valence-electron chi connectivity index (χ3n) is 2.00. The molecule has 0 spiro atoms. The van der Waals surface area contributed by atoms with Gasteiger partial charge < -0.3 is 15.8 Å². The number of amides is 2. The van der Waals surface area contributed by atoms with Gasteiger partial charge in [-0.05, 0) is 24.1 Å². The second-order valence-corrected chi connectivity index (χ2v) is 3.14. The third-order valence-corrected chi connectivity index (χ3v) is 2.00. The fourth-order valence-electron chi connectivity index (χ4n) is 1.16. The summed E-state index contributed by atoms with van der Waals surface area (Å²) in [6.07, 6.45) is 1.02. The van der Waals surface area contributed by atoms with Crippen LogP contribution >= 0.6 is 0 Å². The van der Waals surface area contributed by atoms with Crippen LogP contribution in [0.2, 0.25) is 0 Å². The zero-order valence-electron chi connectivity index (χ0n) is 8.82. The summed E-state index contributed by atoms with van der Waals surface area (Å²) in [7, 11) is 0. The van der Waals surface area contributed by atoms with Crippen LogP contribution < -0.4 is 15.8 Å². The molecule has 0 aromatic heterocycles. The largest absolute Gasteiger partial charge is 0.492 e. The van der Waals surface area contributed by atoms with Crippen LogP contribution in [0.25, 0.3) is 0 Å². The first-order valence-electron chi connectivity index (χ1n) is 4.97. The molecule has 1 aromatic rings. The van der Waals surface area contributed by atoms with E-state index in [1.165, 1.54) is 5.56 Å². The lowest BCUT2D eigenvalue weighted by molar-refractivity contribution is 0.244. The molecule has 82 valence electrons. The maximum Gasteiger partial charge on any atom is 0.312 e. The normalized spacial score (nSPS) is 9.67. The number of carbonyl (C=O) groups is 1. The van der Waals surface area contributed by atoms with Crippen molar-refractivity contribution in [2.75, 3.05) is 13.2 Å². The Morgan fingerprint density at radius 3 is 2.60 bits per heavy atom. The fourth-order valence-corrected chi connectivity index (χ4v) is 1.16. The van der Waals surface area contributed by atoms with Crippen molar-refractivity contribution >= 4 is 6.03 Å². The number of urea groups is 1. The zero-order chi connectivity index (χ0) is 11.1. The van der Waals surface area contributed by atoms with Crippen molar-refractivity contribution in [3.8, 4) is 5.75 Å². The van der Waals surface area contributed by atoms with E-state index in [2.05, 4.69) is 12.2 Å². The van der Waals surface area contributed by atoms with Crippen LogP contribution in [0.1, 0.15) is 12.5 Å². The molecule has 0 bridgehead atoms. The average Bonchev–Trinajstić information content (AvgIpc) is 2.25. The molecule has 0 aliphatic rings. The van der Waals surface area contributed by atoms with Gasteiger partial charge in [0.05, 0.1) is 6.54 Å². The van der Waals surface area contributed by atoms with Crippen molar-refractivity contribution in [1.29, 1.82) is 0 Å². The Kier molecular flexibility index (Phi) is 4.47. The van der Waals surface area contributed by atoms with Gasteiger partial charge in [0.25, 0.3) is 0 Å². The highest BCUT2D eigenvalue weighted by Gasteiger charge is 1.95. The molecule has 3 N–H and O–H groups in total. The van der Waals surface area contributed by atoms with Gasteiger partial charge in [-0.25, -0.2) is 4.79 Å². The monoisotopic (exact) mass is 208 g/mol. The molecule has 4 nitrogen and oxygen atoms in total. The minimum atomic E-state index is -0.528. The Morgan fingerprint density at radius 1 is 1.40 bits per heavy atom. The molecule has 0 saturated carbocycles. The number of nitrogens with one attached hydrogen (secondary N) is 1. The Morgan fingerprint density at radius 2 is 2.07 bits per heavy atom. The second kappa shape index (κ2) is 5.90. The number of primary amides is 1. The highest BCUT2D eigenvalue weighted by Crippen LogP contribution is 2.11. The standard InChI is InChI=1S/C11H16N2O2/c1-2-9-3-5-10(6-4-9)15-8-7-13-11(12)14/h3-6H,2,7-8H2,1H3,(H3,12,13,14). The van der Waals surface area contributed by atoms with Crippen LogP contribution in [-0.2, 0) is 6.42 Å². The number of hydrogen-bond donors (Lipinski definition) is 2. The van der Waals surface area contributed by atoms with Crippen molar-refractivity contribution in [3.05, 3.63) is 29.8 Å². The van der Waals surface area contributed by atoms with Gasteiger partial charge in [-0.15, -0.1) is 0 Å². The summed E-state index contributed by atoms with van der Waals surface area (Å²) >= 11 is 0. The Bertz CT molecular complexity index is 309. The van der Waals surface area contributed by atoms with Gasteiger partial charge in [-0.1, -0.05) is 19.1 Å². The highest BCUT2D eigenvalue weighted by atomic mass is 16.5. The van der Waals surface area contributed by atoms with Gasteiger partial charge in [0.2, 0.25) is 0 Å². The average molecular weight is 208 g/mol. The molecule has 0 fully saturated rings. The van der Waals surface area contributed by atoms with Crippen molar-refractivity contribution in [3.63, 3.8) is 0 Å². The van der Waals surface area contributed by atoms with E-state index < -0.39 is 6.03 Å². The predicted molar refractivity (Wildman–Crippen MR) is 58.9 cm³/mol. The SMILES string of the molecule is CCc1ccc(OCCNC(N)=O)cc1. The van der Waals surface area contributed by atoms with Gasteiger partial charge in [0.1, 0.15) is 12.4 Å². The van der Waals surface area contributed by atoms with Crippen LogP contribution in [0.4, 0.5) is 4.79 Å². The highest BCUT2D eigenvalue weighted by molar-refractivity contribution is 5.71. The maximum atomic E-state index is 10.3. The lowest BCUT2D eigenvalue weighted by Crippen LogP contribution is -2.32. The van der Waals surface area contributed by atoms with E-state index in [0.717, 1.165) is 12.2 Å². The quantitative estimate of drug-likeness (QED) is 0.716. The fraction of sp³-hybridized carbons (Fsp3) is 0.364. The summed E-state index contributed by atoms with van der Waals surface area (Å²) < 4.78 is 5.39. The molecule has 1 aromatic carbocycles. The van der Waals surface area contributed by atoms with E-state index in [-0.39, 0.29) is 0 Å². The number of ether oxygens (including phenoxy) is 1. The molecule has 0 atom stereocenters. The van der Waals surface area contributed by atoms with Crippen molar-refractivity contribution in [1.82, 2.24) is 5.32 Å². The lowest BCUT2D eigenvalue weighted by atomic mass is 10.2. The van der Waals surface area contributed by atoms with E-state index >= 15 is 0 Å². The molecule has 4 heteroatoms. The van der Waals surface area contributed by atoms with Gasteiger partial charge in [-0.2, -0.15) is 0 Å². The molecule has 2 amide bonds. The molecule has 0 aliphatic heterocycles. The van der Waals surface area contributed by atoms with Crippen LogP contribution in [0, 0.1) is 0 Å². The molecule has 0 saturated heterocycles. The number of carbonyl (C=O) groups excluding carboxylic acids is 1. The summed E-state index contributed by atoms with van der Waals surface area (Å²) in [4.78, 5) is 10.3. The summed E-state index contributed by atoms with van der Waals surface area (Å²) in [5.41, 5.74) is 6.18. The van der Waals surface area contributed by atoms with Crippen molar-refractivity contribution < 1.29 is 9.53 Å². The van der Waals surface area contributed by atoms with Crippen LogP contribution in [0.3, 0.4) is 0 Å².